The summed E-state index contributed by atoms with van der Waals surface area (Å²) in [7, 11) is 0. The number of nitrogens with zero attached hydrogens (tertiary/aromatic N) is 1. The summed E-state index contributed by atoms with van der Waals surface area (Å²) in [5.41, 5.74) is 0.620. The Balaban J connectivity index is 2.16. The number of carbonyl (C=O) groups excluding carboxylic acids is 1. The predicted molar refractivity (Wildman–Crippen MR) is 78.8 cm³/mol. The molecule has 104 valence electrons. The van der Waals surface area contributed by atoms with Gasteiger partial charge >= 0.3 is 6.09 Å². The van der Waals surface area contributed by atoms with Gasteiger partial charge in [-0.05, 0) is 32.4 Å². The molecule has 0 atom stereocenters. The first-order chi connectivity index (χ1) is 8.87. The normalized spacial score (nSPS) is 15.7. The second-order valence-corrected chi connectivity index (χ2v) is 6.99. The van der Waals surface area contributed by atoms with Crippen LogP contribution in [0.5, 0.6) is 0 Å². The molecule has 0 saturated carbocycles. The van der Waals surface area contributed by atoms with Crippen molar-refractivity contribution in [3.05, 3.63) is 28.8 Å². The van der Waals surface area contributed by atoms with E-state index >= 15 is 0 Å². The van der Waals surface area contributed by atoms with Crippen LogP contribution in [0.1, 0.15) is 26.3 Å². The molecule has 3 nitrogen and oxygen atoms in total. The zero-order valence-electron chi connectivity index (χ0n) is 11.4. The summed E-state index contributed by atoms with van der Waals surface area (Å²) in [6, 6.07) is 5.81. The molecular weight excluding hydrogens is 282 g/mol. The lowest BCUT2D eigenvalue weighted by Gasteiger charge is -2.26. The maximum absolute atomic E-state index is 12.1. The van der Waals surface area contributed by atoms with Gasteiger partial charge in [0.05, 0.1) is 11.6 Å². The highest BCUT2D eigenvalue weighted by Gasteiger charge is 2.25. The first kappa shape index (κ1) is 14.5. The number of thioether (sulfide) groups is 1. The molecule has 5 heteroatoms. The van der Waals surface area contributed by atoms with Crippen LogP contribution in [0.15, 0.2) is 23.1 Å². The van der Waals surface area contributed by atoms with E-state index in [2.05, 4.69) is 0 Å². The Hall–Kier alpha value is -0.870. The second kappa shape index (κ2) is 5.63. The average Bonchev–Trinajstić information content (AvgIpc) is 2.50. The zero-order chi connectivity index (χ0) is 14.0. The summed E-state index contributed by atoms with van der Waals surface area (Å²) in [5, 5.41) is 0.758. The van der Waals surface area contributed by atoms with Crippen LogP contribution in [0, 0.1) is 0 Å². The van der Waals surface area contributed by atoms with Crippen molar-refractivity contribution in [3.63, 3.8) is 0 Å². The van der Waals surface area contributed by atoms with E-state index in [0.717, 1.165) is 21.2 Å². The van der Waals surface area contributed by atoms with Gasteiger partial charge in [0.15, 0.2) is 0 Å². The number of hydrogen-bond acceptors (Lipinski definition) is 3. The van der Waals surface area contributed by atoms with Crippen molar-refractivity contribution < 1.29 is 9.53 Å². The number of fused-ring (bicyclic) bond motifs is 1. The first-order valence-corrected chi connectivity index (χ1v) is 7.61. The third-order valence-corrected chi connectivity index (χ3v) is 4.25. The standard InChI is InChI=1S/C14H18ClNO2S/c1-14(2,3)18-13(17)16-7-8-19-12-10(9-16)5-4-6-11(12)15/h4-6H,7-9H2,1-3H3. The maximum Gasteiger partial charge on any atom is 0.410 e. The molecule has 0 saturated heterocycles. The summed E-state index contributed by atoms with van der Waals surface area (Å²) in [6.45, 7) is 6.86. The van der Waals surface area contributed by atoms with Crippen molar-refractivity contribution >= 4 is 29.5 Å². The van der Waals surface area contributed by atoms with Crippen molar-refractivity contribution in [2.75, 3.05) is 12.3 Å². The van der Waals surface area contributed by atoms with Gasteiger partial charge in [-0.1, -0.05) is 23.7 Å². The minimum Gasteiger partial charge on any atom is -0.444 e. The van der Waals surface area contributed by atoms with Gasteiger partial charge in [-0.3, -0.25) is 0 Å². The summed E-state index contributed by atoms with van der Waals surface area (Å²) in [6.07, 6.45) is -0.263. The number of benzene rings is 1. The summed E-state index contributed by atoms with van der Waals surface area (Å²) >= 11 is 7.89. The van der Waals surface area contributed by atoms with E-state index in [9.17, 15) is 4.79 Å². The molecule has 0 radical (unpaired) electrons. The largest absolute Gasteiger partial charge is 0.444 e. The van der Waals surface area contributed by atoms with Crippen molar-refractivity contribution in [1.29, 1.82) is 0 Å². The number of halogens is 1. The Morgan fingerprint density at radius 3 is 2.84 bits per heavy atom. The Labute approximate surface area is 123 Å². The molecule has 1 heterocycles. The summed E-state index contributed by atoms with van der Waals surface area (Å²) in [4.78, 5) is 14.9. The van der Waals surface area contributed by atoms with Crippen LogP contribution < -0.4 is 0 Å². The van der Waals surface area contributed by atoms with Gasteiger partial charge in [-0.2, -0.15) is 0 Å². The molecule has 2 rings (SSSR count). The van der Waals surface area contributed by atoms with E-state index in [0.29, 0.717) is 13.1 Å². The maximum atomic E-state index is 12.1. The van der Waals surface area contributed by atoms with Gasteiger partial charge in [-0.15, -0.1) is 11.8 Å². The molecule has 0 fully saturated rings. The van der Waals surface area contributed by atoms with Crippen LogP contribution in [-0.4, -0.2) is 28.9 Å². The Morgan fingerprint density at radius 2 is 2.16 bits per heavy atom. The van der Waals surface area contributed by atoms with Gasteiger partial charge in [0.1, 0.15) is 5.60 Å². The quantitative estimate of drug-likeness (QED) is 0.719. The topological polar surface area (TPSA) is 29.5 Å². The minimum absolute atomic E-state index is 0.263. The van der Waals surface area contributed by atoms with E-state index in [1.165, 1.54) is 0 Å². The fraction of sp³-hybridized carbons (Fsp3) is 0.500. The monoisotopic (exact) mass is 299 g/mol. The van der Waals surface area contributed by atoms with E-state index in [1.807, 2.05) is 39.0 Å². The molecular formula is C14H18ClNO2S. The number of amides is 1. The molecule has 0 spiro atoms. The highest BCUT2D eigenvalue weighted by Crippen LogP contribution is 2.33. The van der Waals surface area contributed by atoms with Crippen molar-refractivity contribution in [3.8, 4) is 0 Å². The molecule has 1 aromatic rings. The third-order valence-electron chi connectivity index (χ3n) is 2.67. The van der Waals surface area contributed by atoms with Crippen molar-refractivity contribution in [2.45, 2.75) is 37.8 Å². The molecule has 19 heavy (non-hydrogen) atoms. The Morgan fingerprint density at radius 1 is 1.42 bits per heavy atom. The van der Waals surface area contributed by atoms with Crippen molar-refractivity contribution in [1.82, 2.24) is 4.90 Å². The third kappa shape index (κ3) is 3.80. The van der Waals surface area contributed by atoms with Crippen LogP contribution >= 0.6 is 23.4 Å². The second-order valence-electron chi connectivity index (χ2n) is 5.48. The summed E-state index contributed by atoms with van der Waals surface area (Å²) in [5.74, 6) is 0.829. The van der Waals surface area contributed by atoms with Gasteiger partial charge in [0, 0.05) is 17.2 Å². The number of hydrogen-bond donors (Lipinski definition) is 0. The van der Waals surface area contributed by atoms with Crippen LogP contribution in [0.25, 0.3) is 0 Å². The Bertz CT molecular complexity index is 485. The zero-order valence-corrected chi connectivity index (χ0v) is 13.0. The predicted octanol–water partition coefficient (Wildman–Crippen LogP) is 4.18. The van der Waals surface area contributed by atoms with Crippen molar-refractivity contribution in [2.24, 2.45) is 0 Å². The number of carbonyl (C=O) groups is 1. The van der Waals surface area contributed by atoms with E-state index < -0.39 is 5.60 Å². The van der Waals surface area contributed by atoms with E-state index in [1.54, 1.807) is 16.7 Å². The smallest absolute Gasteiger partial charge is 0.410 e. The molecule has 0 N–H and O–H groups in total. The highest BCUT2D eigenvalue weighted by atomic mass is 35.5. The average molecular weight is 300 g/mol. The number of ether oxygens (including phenoxy) is 1. The molecule has 0 unspecified atom stereocenters. The van der Waals surface area contributed by atoms with Crippen LogP contribution in [-0.2, 0) is 11.3 Å². The Kier molecular flexibility index (Phi) is 4.31. The molecule has 0 aliphatic carbocycles. The lowest BCUT2D eigenvalue weighted by Crippen LogP contribution is -2.37. The van der Waals surface area contributed by atoms with Gasteiger partial charge < -0.3 is 9.64 Å². The van der Waals surface area contributed by atoms with Gasteiger partial charge in [0.25, 0.3) is 0 Å². The molecule has 0 aromatic heterocycles. The lowest BCUT2D eigenvalue weighted by atomic mass is 10.2. The molecule has 1 aliphatic heterocycles. The van der Waals surface area contributed by atoms with Crippen LogP contribution in [0.3, 0.4) is 0 Å². The fourth-order valence-corrected chi connectivity index (χ4v) is 3.26. The minimum atomic E-state index is -0.465. The van der Waals surface area contributed by atoms with Crippen LogP contribution in [0.2, 0.25) is 5.02 Å². The molecule has 1 amide bonds. The molecule has 1 aromatic carbocycles. The number of rotatable bonds is 0. The van der Waals surface area contributed by atoms with Gasteiger partial charge in [0.2, 0.25) is 0 Å². The summed E-state index contributed by atoms with van der Waals surface area (Å²) < 4.78 is 5.42. The fourth-order valence-electron chi connectivity index (χ4n) is 1.86. The highest BCUT2D eigenvalue weighted by molar-refractivity contribution is 7.99. The van der Waals surface area contributed by atoms with Crippen LogP contribution in [0.4, 0.5) is 4.79 Å². The molecule has 0 bridgehead atoms. The molecule has 1 aliphatic rings. The van der Waals surface area contributed by atoms with Gasteiger partial charge in [-0.25, -0.2) is 4.79 Å². The van der Waals surface area contributed by atoms with E-state index in [4.69, 9.17) is 16.3 Å². The van der Waals surface area contributed by atoms with E-state index in [-0.39, 0.29) is 6.09 Å². The first-order valence-electron chi connectivity index (χ1n) is 6.25. The SMILES string of the molecule is CC(C)(C)OC(=O)N1CCSc2c(Cl)cccc2C1. The lowest BCUT2D eigenvalue weighted by molar-refractivity contribution is 0.0247.